The predicted octanol–water partition coefficient (Wildman–Crippen LogP) is 3.01. The Morgan fingerprint density at radius 3 is 1.52 bits per heavy atom. The average Bonchev–Trinajstić information content (AvgIpc) is 2.43. The highest BCUT2D eigenvalue weighted by atomic mass is 127. The van der Waals surface area contributed by atoms with Gasteiger partial charge >= 0.3 is 0 Å². The highest BCUT2D eigenvalue weighted by Gasteiger charge is 2.19. The van der Waals surface area contributed by atoms with Crippen LogP contribution in [0.5, 0.6) is 0 Å². The fourth-order valence-electron chi connectivity index (χ4n) is 2.94. The van der Waals surface area contributed by atoms with Crippen LogP contribution in [-0.4, -0.2) is 37.0 Å². The van der Waals surface area contributed by atoms with Gasteiger partial charge in [0.25, 0.3) is 0 Å². The third-order valence-electron chi connectivity index (χ3n) is 4.43. The maximum absolute atomic E-state index is 5.83. The lowest BCUT2D eigenvalue weighted by Gasteiger charge is -2.35. The number of unbranched alkanes of at least 4 members (excludes halogenated alkanes) is 8. The Morgan fingerprint density at radius 1 is 0.619 bits per heavy atom. The molecule has 0 saturated heterocycles. The molecule has 0 aliphatic rings. The van der Waals surface area contributed by atoms with Crippen molar-refractivity contribution < 1.29 is 28.5 Å². The lowest BCUT2D eigenvalue weighted by atomic mass is 10.1. The third-order valence-corrected chi connectivity index (χ3v) is 4.70. The zero-order valence-corrected chi connectivity index (χ0v) is 17.7. The standard InChI is InChI=1S/C18H39ClN.HI/c1-4-6-8-9-10-13-17-20(3,16-12-7-5-2)18-14-11-15-19;/h4-18H2,1-3H3;1H/q+1;/p-1. The van der Waals surface area contributed by atoms with E-state index < -0.39 is 0 Å². The molecule has 0 spiro atoms. The van der Waals surface area contributed by atoms with Crippen LogP contribution in [0.2, 0.25) is 0 Å². The second-order valence-corrected chi connectivity index (χ2v) is 7.04. The Bertz CT molecular complexity index is 190. The van der Waals surface area contributed by atoms with E-state index in [4.69, 9.17) is 11.6 Å². The third kappa shape index (κ3) is 15.6. The highest BCUT2D eigenvalue weighted by molar-refractivity contribution is 6.17. The van der Waals surface area contributed by atoms with E-state index in [0.717, 1.165) is 5.88 Å². The molecule has 21 heavy (non-hydrogen) atoms. The van der Waals surface area contributed by atoms with Gasteiger partial charge in [0.1, 0.15) is 0 Å². The smallest absolute Gasteiger partial charge is 0.0784 e. The molecule has 0 rings (SSSR count). The maximum Gasteiger partial charge on any atom is 0.0784 e. The van der Waals surface area contributed by atoms with E-state index in [1.54, 1.807) is 0 Å². The van der Waals surface area contributed by atoms with Crippen molar-refractivity contribution in [3.8, 4) is 0 Å². The molecule has 0 aromatic carbocycles. The highest BCUT2D eigenvalue weighted by Crippen LogP contribution is 2.14. The Morgan fingerprint density at radius 2 is 1.00 bits per heavy atom. The van der Waals surface area contributed by atoms with E-state index in [1.807, 2.05) is 0 Å². The second-order valence-electron chi connectivity index (χ2n) is 6.66. The number of quaternary nitrogens is 1. The van der Waals surface area contributed by atoms with Crippen LogP contribution >= 0.6 is 11.6 Å². The van der Waals surface area contributed by atoms with E-state index in [-0.39, 0.29) is 24.0 Å². The SMILES string of the molecule is CCCCCCCC[N+](C)(CCCCC)CCCCCl.[I-]. The van der Waals surface area contributed by atoms with Crippen molar-refractivity contribution >= 4 is 11.6 Å². The van der Waals surface area contributed by atoms with E-state index in [0.29, 0.717) is 0 Å². The van der Waals surface area contributed by atoms with Crippen molar-refractivity contribution in [3.63, 3.8) is 0 Å². The molecule has 0 saturated carbocycles. The summed E-state index contributed by atoms with van der Waals surface area (Å²) in [6.07, 6.45) is 15.1. The molecular formula is C18H39ClIN. The van der Waals surface area contributed by atoms with Gasteiger partial charge in [-0.15, -0.1) is 11.6 Å². The fraction of sp³-hybridized carbons (Fsp3) is 1.00. The lowest BCUT2D eigenvalue weighted by molar-refractivity contribution is -0.910. The van der Waals surface area contributed by atoms with Crippen LogP contribution in [-0.2, 0) is 0 Å². The largest absolute Gasteiger partial charge is 1.00 e. The van der Waals surface area contributed by atoms with Gasteiger partial charge in [-0.25, -0.2) is 0 Å². The summed E-state index contributed by atoms with van der Waals surface area (Å²) in [4.78, 5) is 0. The van der Waals surface area contributed by atoms with Crippen LogP contribution in [0.4, 0.5) is 0 Å². The molecule has 130 valence electrons. The van der Waals surface area contributed by atoms with Gasteiger partial charge in [0, 0.05) is 5.88 Å². The van der Waals surface area contributed by atoms with Crippen LogP contribution < -0.4 is 24.0 Å². The van der Waals surface area contributed by atoms with Gasteiger partial charge in [0.15, 0.2) is 0 Å². The molecule has 0 N–H and O–H groups in total. The summed E-state index contributed by atoms with van der Waals surface area (Å²) in [5.74, 6) is 0.825. The van der Waals surface area contributed by atoms with Gasteiger partial charge < -0.3 is 28.5 Å². The van der Waals surface area contributed by atoms with Gasteiger partial charge in [-0.1, -0.05) is 46.0 Å². The van der Waals surface area contributed by atoms with Crippen LogP contribution in [0.1, 0.15) is 84.5 Å². The predicted molar refractivity (Wildman–Crippen MR) is 93.6 cm³/mol. The molecule has 0 bridgehead atoms. The van der Waals surface area contributed by atoms with Crippen molar-refractivity contribution in [2.45, 2.75) is 84.5 Å². The van der Waals surface area contributed by atoms with Crippen molar-refractivity contribution in [2.24, 2.45) is 0 Å². The summed E-state index contributed by atoms with van der Waals surface area (Å²) < 4.78 is 1.28. The topological polar surface area (TPSA) is 0 Å². The molecule has 1 nitrogen and oxygen atoms in total. The van der Waals surface area contributed by atoms with Crippen LogP contribution in [0, 0.1) is 0 Å². The first-order valence-electron chi connectivity index (χ1n) is 9.08. The first kappa shape index (κ1) is 24.2. The molecule has 0 amide bonds. The minimum atomic E-state index is 0. The molecule has 0 aliphatic carbocycles. The number of halogens is 2. The van der Waals surface area contributed by atoms with Crippen molar-refractivity contribution in [1.82, 2.24) is 0 Å². The minimum Gasteiger partial charge on any atom is -1.00 e. The van der Waals surface area contributed by atoms with Crippen molar-refractivity contribution in [2.75, 3.05) is 32.6 Å². The van der Waals surface area contributed by atoms with Gasteiger partial charge in [-0.3, -0.25) is 0 Å². The van der Waals surface area contributed by atoms with Crippen molar-refractivity contribution in [3.05, 3.63) is 0 Å². The first-order valence-corrected chi connectivity index (χ1v) is 9.61. The Balaban J connectivity index is 0. The van der Waals surface area contributed by atoms with Gasteiger partial charge in [-0.2, -0.15) is 0 Å². The number of rotatable bonds is 15. The number of hydrogen-bond donors (Lipinski definition) is 0. The van der Waals surface area contributed by atoms with Crippen LogP contribution in [0.25, 0.3) is 0 Å². The summed E-state index contributed by atoms with van der Waals surface area (Å²) in [6.45, 7) is 8.65. The number of hydrogen-bond acceptors (Lipinski definition) is 0. The molecule has 1 atom stereocenters. The fourth-order valence-corrected chi connectivity index (χ4v) is 3.13. The number of nitrogens with zero attached hydrogens (tertiary/aromatic N) is 1. The summed E-state index contributed by atoms with van der Waals surface area (Å²) >= 11 is 5.83. The molecule has 0 aliphatic heterocycles. The zero-order chi connectivity index (χ0) is 15.1. The number of alkyl halides is 1. The molecule has 0 aromatic heterocycles. The van der Waals surface area contributed by atoms with E-state index in [1.165, 1.54) is 94.7 Å². The Kier molecular flexibility index (Phi) is 20.0. The van der Waals surface area contributed by atoms with Crippen LogP contribution in [0.15, 0.2) is 0 Å². The maximum atomic E-state index is 5.83. The molecule has 0 aromatic rings. The summed E-state index contributed by atoms with van der Waals surface area (Å²) in [5, 5.41) is 0. The lowest BCUT2D eigenvalue weighted by Crippen LogP contribution is -3.00. The summed E-state index contributed by atoms with van der Waals surface area (Å²) in [6, 6.07) is 0. The molecule has 0 fully saturated rings. The van der Waals surface area contributed by atoms with Gasteiger partial charge in [-0.05, 0) is 38.5 Å². The normalized spacial score (nSPS) is 13.7. The van der Waals surface area contributed by atoms with E-state index >= 15 is 0 Å². The van der Waals surface area contributed by atoms with Crippen LogP contribution in [0.3, 0.4) is 0 Å². The minimum absolute atomic E-state index is 0. The molecular weight excluding hydrogens is 393 g/mol. The average molecular weight is 432 g/mol. The Labute approximate surface area is 156 Å². The molecule has 0 heterocycles. The Hall–Kier alpha value is 0.980. The van der Waals surface area contributed by atoms with Crippen molar-refractivity contribution in [1.29, 1.82) is 0 Å². The second kappa shape index (κ2) is 17.3. The molecule has 1 unspecified atom stereocenters. The molecule has 3 heteroatoms. The summed E-state index contributed by atoms with van der Waals surface area (Å²) in [5.41, 5.74) is 0. The van der Waals surface area contributed by atoms with E-state index in [9.17, 15) is 0 Å². The zero-order valence-electron chi connectivity index (χ0n) is 14.8. The first-order chi connectivity index (χ1) is 9.68. The molecule has 0 radical (unpaired) electrons. The van der Waals surface area contributed by atoms with E-state index in [2.05, 4.69) is 20.9 Å². The van der Waals surface area contributed by atoms with Gasteiger partial charge in [0.2, 0.25) is 0 Å². The quantitative estimate of drug-likeness (QED) is 0.162. The van der Waals surface area contributed by atoms with Gasteiger partial charge in [0.05, 0.1) is 26.7 Å². The summed E-state index contributed by atoms with van der Waals surface area (Å²) in [7, 11) is 2.47. The monoisotopic (exact) mass is 431 g/mol.